The van der Waals surface area contributed by atoms with Gasteiger partial charge in [0.25, 0.3) is 0 Å². The molecule has 0 saturated carbocycles. The van der Waals surface area contributed by atoms with Crippen LogP contribution in [0.2, 0.25) is 0 Å². The number of benzene rings is 1. The summed E-state index contributed by atoms with van der Waals surface area (Å²) in [7, 11) is 1.63. The minimum absolute atomic E-state index is 0.0159. The lowest BCUT2D eigenvalue weighted by Crippen LogP contribution is -2.34. The fraction of sp³-hybridized carbons (Fsp3) is 0.529. The van der Waals surface area contributed by atoms with Gasteiger partial charge >= 0.3 is 0 Å². The van der Waals surface area contributed by atoms with E-state index in [9.17, 15) is 9.59 Å². The highest BCUT2D eigenvalue weighted by molar-refractivity contribution is 5.96. The number of ether oxygens (including phenoxy) is 1. The van der Waals surface area contributed by atoms with Gasteiger partial charge in [-0.1, -0.05) is 45.0 Å². The summed E-state index contributed by atoms with van der Waals surface area (Å²) in [5.74, 6) is 0.138. The van der Waals surface area contributed by atoms with Crippen molar-refractivity contribution < 1.29 is 14.3 Å². The lowest BCUT2D eigenvalue weighted by atomic mass is 9.95. The average molecular weight is 291 g/mol. The number of methoxy groups -OCH3 is 1. The van der Waals surface area contributed by atoms with E-state index in [0.717, 1.165) is 12.0 Å². The number of hydrogen-bond donors (Lipinski definition) is 1. The Hall–Kier alpha value is -1.68. The molecule has 0 atom stereocenters. The number of nitrogens with one attached hydrogen (secondary N) is 1. The van der Waals surface area contributed by atoms with Gasteiger partial charge in [-0.25, -0.2) is 0 Å². The van der Waals surface area contributed by atoms with Crippen LogP contribution < -0.4 is 5.32 Å². The minimum Gasteiger partial charge on any atom is -0.385 e. The molecule has 0 saturated heterocycles. The van der Waals surface area contributed by atoms with Crippen LogP contribution in [-0.2, 0) is 16.1 Å². The molecule has 0 radical (unpaired) electrons. The normalized spacial score (nSPS) is 11.2. The molecule has 0 bridgehead atoms. The topological polar surface area (TPSA) is 55.4 Å². The number of carbonyl (C=O) groups excluding carboxylic acids is 2. The Labute approximate surface area is 126 Å². The number of ketones is 1. The van der Waals surface area contributed by atoms with Crippen LogP contribution in [0.5, 0.6) is 0 Å². The Morgan fingerprint density at radius 1 is 1.14 bits per heavy atom. The molecule has 0 aliphatic heterocycles. The zero-order valence-electron chi connectivity index (χ0n) is 13.4. The van der Waals surface area contributed by atoms with Crippen LogP contribution in [0.3, 0.4) is 0 Å². The van der Waals surface area contributed by atoms with E-state index in [1.807, 2.05) is 45.0 Å². The van der Waals surface area contributed by atoms with Gasteiger partial charge < -0.3 is 10.1 Å². The van der Waals surface area contributed by atoms with E-state index in [4.69, 9.17) is 4.74 Å². The van der Waals surface area contributed by atoms with Gasteiger partial charge in [0.15, 0.2) is 5.78 Å². The minimum atomic E-state index is -0.392. The summed E-state index contributed by atoms with van der Waals surface area (Å²) >= 11 is 0. The first kappa shape index (κ1) is 17.4. The third-order valence-corrected chi connectivity index (χ3v) is 3.16. The quantitative estimate of drug-likeness (QED) is 0.620. The molecule has 0 fully saturated rings. The van der Waals surface area contributed by atoms with Gasteiger partial charge in [-0.15, -0.1) is 0 Å². The van der Waals surface area contributed by atoms with Crippen molar-refractivity contribution in [2.75, 3.05) is 13.7 Å². The molecule has 0 aromatic heterocycles. The van der Waals surface area contributed by atoms with Crippen LogP contribution in [0.25, 0.3) is 0 Å². The summed E-state index contributed by atoms with van der Waals surface area (Å²) < 4.78 is 4.94. The molecule has 0 spiro atoms. The summed E-state index contributed by atoms with van der Waals surface area (Å²) in [5, 5.41) is 2.89. The highest BCUT2D eigenvalue weighted by Gasteiger charge is 2.20. The Morgan fingerprint density at radius 3 is 2.29 bits per heavy atom. The Kier molecular flexibility index (Phi) is 6.56. The summed E-state index contributed by atoms with van der Waals surface area (Å²) in [6.07, 6.45) is 1.23. The van der Waals surface area contributed by atoms with Crippen molar-refractivity contribution >= 4 is 11.7 Å². The second-order valence-corrected chi connectivity index (χ2v) is 6.15. The number of rotatable bonds is 7. The third-order valence-electron chi connectivity index (χ3n) is 3.16. The van der Waals surface area contributed by atoms with Crippen molar-refractivity contribution in [2.45, 2.75) is 40.2 Å². The predicted molar refractivity (Wildman–Crippen MR) is 83.2 cm³/mol. The molecular weight excluding hydrogens is 266 g/mol. The SMILES string of the molecule is COCCCC(=O)c1ccc(CNC(=O)C(C)(C)C)cc1. The molecule has 1 aromatic carbocycles. The lowest BCUT2D eigenvalue weighted by molar-refractivity contribution is -0.128. The van der Waals surface area contributed by atoms with E-state index in [-0.39, 0.29) is 11.7 Å². The first-order valence-corrected chi connectivity index (χ1v) is 7.24. The molecule has 0 heterocycles. The average Bonchev–Trinajstić information content (AvgIpc) is 2.44. The van der Waals surface area contributed by atoms with Crippen molar-refractivity contribution in [1.82, 2.24) is 5.32 Å². The fourth-order valence-electron chi connectivity index (χ4n) is 1.78. The van der Waals surface area contributed by atoms with Crippen molar-refractivity contribution in [3.63, 3.8) is 0 Å². The highest BCUT2D eigenvalue weighted by atomic mass is 16.5. The summed E-state index contributed by atoms with van der Waals surface area (Å²) in [4.78, 5) is 23.7. The zero-order chi connectivity index (χ0) is 15.9. The van der Waals surface area contributed by atoms with E-state index in [0.29, 0.717) is 25.1 Å². The lowest BCUT2D eigenvalue weighted by Gasteiger charge is -2.17. The van der Waals surface area contributed by atoms with E-state index in [2.05, 4.69) is 5.32 Å². The maximum Gasteiger partial charge on any atom is 0.225 e. The molecule has 4 nitrogen and oxygen atoms in total. The van der Waals surface area contributed by atoms with Gasteiger partial charge in [-0.05, 0) is 12.0 Å². The standard InChI is InChI=1S/C17H25NO3/c1-17(2,3)16(20)18-12-13-7-9-14(10-8-13)15(19)6-5-11-21-4/h7-10H,5-6,11-12H2,1-4H3,(H,18,20). The predicted octanol–water partition coefficient (Wildman–Crippen LogP) is 2.96. The first-order valence-electron chi connectivity index (χ1n) is 7.24. The molecule has 4 heteroatoms. The van der Waals surface area contributed by atoms with Crippen LogP contribution >= 0.6 is 0 Å². The fourth-order valence-corrected chi connectivity index (χ4v) is 1.78. The first-order chi connectivity index (χ1) is 9.84. The smallest absolute Gasteiger partial charge is 0.225 e. The third kappa shape index (κ3) is 6.08. The summed E-state index contributed by atoms with van der Waals surface area (Å²) in [5.41, 5.74) is 1.30. The Morgan fingerprint density at radius 2 is 1.76 bits per heavy atom. The molecular formula is C17H25NO3. The summed E-state index contributed by atoms with van der Waals surface area (Å²) in [6, 6.07) is 7.39. The van der Waals surface area contributed by atoms with Crippen molar-refractivity contribution in [2.24, 2.45) is 5.41 Å². The molecule has 0 aliphatic carbocycles. The van der Waals surface area contributed by atoms with Crippen molar-refractivity contribution in [3.05, 3.63) is 35.4 Å². The summed E-state index contributed by atoms with van der Waals surface area (Å²) in [6.45, 7) is 6.72. The van der Waals surface area contributed by atoms with Gasteiger partial charge in [0.2, 0.25) is 5.91 Å². The molecule has 116 valence electrons. The number of hydrogen-bond acceptors (Lipinski definition) is 3. The van der Waals surface area contributed by atoms with Crippen LogP contribution in [0, 0.1) is 5.41 Å². The van der Waals surface area contributed by atoms with E-state index in [1.165, 1.54) is 0 Å². The Balaban J connectivity index is 2.50. The molecule has 21 heavy (non-hydrogen) atoms. The van der Waals surface area contributed by atoms with E-state index < -0.39 is 5.41 Å². The highest BCUT2D eigenvalue weighted by Crippen LogP contribution is 2.13. The monoisotopic (exact) mass is 291 g/mol. The van der Waals surface area contributed by atoms with E-state index >= 15 is 0 Å². The largest absolute Gasteiger partial charge is 0.385 e. The molecule has 0 unspecified atom stereocenters. The van der Waals surface area contributed by atoms with Crippen LogP contribution in [-0.4, -0.2) is 25.4 Å². The maximum atomic E-state index is 11.9. The molecule has 1 aromatic rings. The van der Waals surface area contributed by atoms with Gasteiger partial charge in [-0.3, -0.25) is 9.59 Å². The number of carbonyl (C=O) groups is 2. The molecule has 0 aliphatic rings. The Bertz CT molecular complexity index is 472. The van der Waals surface area contributed by atoms with Gasteiger partial charge in [0.1, 0.15) is 0 Å². The molecule has 1 rings (SSSR count). The van der Waals surface area contributed by atoms with E-state index in [1.54, 1.807) is 7.11 Å². The zero-order valence-corrected chi connectivity index (χ0v) is 13.4. The van der Waals surface area contributed by atoms with Crippen LogP contribution in [0.15, 0.2) is 24.3 Å². The van der Waals surface area contributed by atoms with Crippen molar-refractivity contribution in [1.29, 1.82) is 0 Å². The number of Topliss-reactive ketones (excluding diaryl/α,β-unsaturated/α-hetero) is 1. The van der Waals surface area contributed by atoms with Gasteiger partial charge in [0.05, 0.1) is 0 Å². The van der Waals surface area contributed by atoms with Gasteiger partial charge in [-0.2, -0.15) is 0 Å². The van der Waals surface area contributed by atoms with Gasteiger partial charge in [0, 0.05) is 37.7 Å². The maximum absolute atomic E-state index is 11.9. The van der Waals surface area contributed by atoms with Crippen LogP contribution in [0.4, 0.5) is 0 Å². The van der Waals surface area contributed by atoms with Crippen LogP contribution in [0.1, 0.15) is 49.5 Å². The number of amides is 1. The molecule has 1 amide bonds. The second kappa shape index (κ2) is 7.93. The molecule has 1 N–H and O–H groups in total. The second-order valence-electron chi connectivity index (χ2n) is 6.15. The van der Waals surface area contributed by atoms with Crippen molar-refractivity contribution in [3.8, 4) is 0 Å².